The van der Waals surface area contributed by atoms with Gasteiger partial charge in [-0.25, -0.2) is 0 Å². The van der Waals surface area contributed by atoms with Crippen LogP contribution in [-0.4, -0.2) is 18.1 Å². The number of carbonyl (C=O) groups is 1. The summed E-state index contributed by atoms with van der Waals surface area (Å²) in [4.78, 5) is 10.8. The highest BCUT2D eigenvalue weighted by Gasteiger charge is 2.30. The Balaban J connectivity index is 2.24. The number of rotatable bonds is 3. The number of esters is 1. The van der Waals surface area contributed by atoms with Crippen LogP contribution in [0.3, 0.4) is 0 Å². The Morgan fingerprint density at radius 3 is 2.91 bits per heavy atom. The zero-order valence-corrected chi connectivity index (χ0v) is 6.88. The smallest absolute Gasteiger partial charge is 0.323 e. The van der Waals surface area contributed by atoms with Crippen LogP contribution < -0.4 is 5.73 Å². The van der Waals surface area contributed by atoms with Gasteiger partial charge < -0.3 is 10.5 Å². The van der Waals surface area contributed by atoms with Crippen molar-refractivity contribution in [1.29, 1.82) is 0 Å². The number of nitrogens with two attached hydrogens (primary N) is 1. The summed E-state index contributed by atoms with van der Waals surface area (Å²) in [7, 11) is 0. The molecule has 0 bridgehead atoms. The maximum Gasteiger partial charge on any atom is 0.323 e. The molecule has 0 aromatic heterocycles. The minimum atomic E-state index is -0.364. The first-order valence-corrected chi connectivity index (χ1v) is 4.20. The van der Waals surface area contributed by atoms with E-state index in [4.69, 9.17) is 10.5 Å². The first kappa shape index (κ1) is 8.53. The summed E-state index contributed by atoms with van der Waals surface area (Å²) in [6.45, 7) is 2.12. The molecule has 3 heteroatoms. The van der Waals surface area contributed by atoms with Gasteiger partial charge in [-0.1, -0.05) is 19.8 Å². The third kappa shape index (κ3) is 2.19. The van der Waals surface area contributed by atoms with Gasteiger partial charge in [-0.3, -0.25) is 4.79 Å². The summed E-state index contributed by atoms with van der Waals surface area (Å²) in [5.41, 5.74) is 5.47. The van der Waals surface area contributed by atoms with Crippen LogP contribution in [0.4, 0.5) is 0 Å². The second-order valence-corrected chi connectivity index (χ2v) is 3.04. The lowest BCUT2D eigenvalue weighted by Gasteiger charge is -2.05. The van der Waals surface area contributed by atoms with Crippen LogP contribution in [0, 0.1) is 0 Å². The number of cyclic esters (lactones) is 1. The minimum Gasteiger partial charge on any atom is -0.461 e. The Hall–Kier alpha value is -0.570. The van der Waals surface area contributed by atoms with Gasteiger partial charge in [-0.15, -0.1) is 0 Å². The fraction of sp³-hybridized carbons (Fsp3) is 0.875. The molecule has 2 N–H and O–H groups in total. The predicted molar refractivity (Wildman–Crippen MR) is 42.0 cm³/mol. The molecule has 1 heterocycles. The zero-order valence-electron chi connectivity index (χ0n) is 6.88. The number of carbonyl (C=O) groups excluding carboxylic acids is 1. The molecule has 0 saturated carbocycles. The monoisotopic (exact) mass is 157 g/mol. The zero-order chi connectivity index (χ0) is 8.27. The summed E-state index contributed by atoms with van der Waals surface area (Å²) in [6.07, 6.45) is 4.03. The van der Waals surface area contributed by atoms with Crippen LogP contribution in [0.25, 0.3) is 0 Å². The van der Waals surface area contributed by atoms with E-state index in [1.165, 1.54) is 0 Å². The van der Waals surface area contributed by atoms with Gasteiger partial charge in [-0.05, 0) is 6.42 Å². The van der Waals surface area contributed by atoms with Gasteiger partial charge >= 0.3 is 5.97 Å². The van der Waals surface area contributed by atoms with Gasteiger partial charge in [0.25, 0.3) is 0 Å². The fourth-order valence-electron chi connectivity index (χ4n) is 1.29. The van der Waals surface area contributed by atoms with Crippen molar-refractivity contribution in [3.8, 4) is 0 Å². The highest BCUT2D eigenvalue weighted by Crippen LogP contribution is 2.17. The Kier molecular flexibility index (Phi) is 2.88. The molecule has 1 saturated heterocycles. The summed E-state index contributed by atoms with van der Waals surface area (Å²) in [6, 6.07) is -0.364. The number of hydrogen-bond donors (Lipinski definition) is 1. The molecule has 11 heavy (non-hydrogen) atoms. The standard InChI is InChI=1S/C8H15NO2/c1-2-3-4-6-5-7(9)8(10)11-6/h6-7H,2-5,9H2,1H3/t6?,7-/m0/s1. The summed E-state index contributed by atoms with van der Waals surface area (Å²) in [5.74, 6) is -0.230. The lowest BCUT2D eigenvalue weighted by molar-refractivity contribution is -0.142. The maximum absolute atomic E-state index is 10.8. The average Bonchev–Trinajstić information content (AvgIpc) is 2.28. The molecule has 1 rings (SSSR count). The van der Waals surface area contributed by atoms with Gasteiger partial charge in [0.05, 0.1) is 0 Å². The molecular weight excluding hydrogens is 142 g/mol. The van der Waals surface area contributed by atoms with E-state index >= 15 is 0 Å². The van der Waals surface area contributed by atoms with Crippen LogP contribution in [0.2, 0.25) is 0 Å². The lowest BCUT2D eigenvalue weighted by atomic mass is 10.1. The molecule has 1 unspecified atom stereocenters. The maximum atomic E-state index is 10.8. The molecule has 1 aliphatic rings. The van der Waals surface area contributed by atoms with Crippen LogP contribution in [0.15, 0.2) is 0 Å². The molecular formula is C8H15NO2. The first-order valence-electron chi connectivity index (χ1n) is 4.20. The van der Waals surface area contributed by atoms with Crippen molar-refractivity contribution in [1.82, 2.24) is 0 Å². The molecule has 0 aromatic carbocycles. The van der Waals surface area contributed by atoms with Crippen molar-refractivity contribution in [2.75, 3.05) is 0 Å². The van der Waals surface area contributed by atoms with Crippen LogP contribution in [-0.2, 0) is 9.53 Å². The number of hydrogen-bond acceptors (Lipinski definition) is 3. The van der Waals surface area contributed by atoms with Crippen molar-refractivity contribution in [3.05, 3.63) is 0 Å². The molecule has 0 amide bonds. The van der Waals surface area contributed by atoms with E-state index in [1.54, 1.807) is 0 Å². The predicted octanol–water partition coefficient (Wildman–Crippen LogP) is 0.819. The third-order valence-corrected chi connectivity index (χ3v) is 1.98. The fourth-order valence-corrected chi connectivity index (χ4v) is 1.29. The summed E-state index contributed by atoms with van der Waals surface area (Å²) >= 11 is 0. The average molecular weight is 157 g/mol. The van der Waals surface area contributed by atoms with Crippen LogP contribution in [0.5, 0.6) is 0 Å². The molecule has 64 valence electrons. The lowest BCUT2D eigenvalue weighted by Crippen LogP contribution is -2.24. The normalized spacial score (nSPS) is 30.5. The molecule has 0 aliphatic carbocycles. The largest absolute Gasteiger partial charge is 0.461 e. The van der Waals surface area contributed by atoms with Gasteiger partial charge in [0, 0.05) is 6.42 Å². The molecule has 0 aromatic rings. The van der Waals surface area contributed by atoms with E-state index < -0.39 is 0 Å². The summed E-state index contributed by atoms with van der Waals surface area (Å²) < 4.78 is 5.01. The van der Waals surface area contributed by atoms with Crippen molar-refractivity contribution < 1.29 is 9.53 Å². The van der Waals surface area contributed by atoms with Crippen molar-refractivity contribution >= 4 is 5.97 Å². The minimum absolute atomic E-state index is 0.0949. The van der Waals surface area contributed by atoms with E-state index in [0.29, 0.717) is 6.42 Å². The third-order valence-electron chi connectivity index (χ3n) is 1.98. The van der Waals surface area contributed by atoms with Crippen LogP contribution in [0.1, 0.15) is 32.6 Å². The van der Waals surface area contributed by atoms with E-state index in [9.17, 15) is 4.79 Å². The van der Waals surface area contributed by atoms with E-state index in [2.05, 4.69) is 6.92 Å². The molecule has 1 fully saturated rings. The highest BCUT2D eigenvalue weighted by atomic mass is 16.6. The quantitative estimate of drug-likeness (QED) is 0.617. The Labute approximate surface area is 66.9 Å². The van der Waals surface area contributed by atoms with E-state index in [1.807, 2.05) is 0 Å². The first-order chi connectivity index (χ1) is 5.24. The number of unbranched alkanes of at least 4 members (excludes halogenated alkanes) is 1. The molecule has 1 aliphatic heterocycles. The second kappa shape index (κ2) is 3.72. The van der Waals surface area contributed by atoms with E-state index in [-0.39, 0.29) is 18.1 Å². The Morgan fingerprint density at radius 1 is 1.73 bits per heavy atom. The van der Waals surface area contributed by atoms with Crippen molar-refractivity contribution in [2.24, 2.45) is 5.73 Å². The molecule has 0 radical (unpaired) electrons. The SMILES string of the molecule is CCCCC1C[C@H](N)C(=O)O1. The second-order valence-electron chi connectivity index (χ2n) is 3.04. The molecule has 2 atom stereocenters. The van der Waals surface area contributed by atoms with Crippen molar-refractivity contribution in [3.63, 3.8) is 0 Å². The Bertz CT molecular complexity index is 147. The van der Waals surface area contributed by atoms with Gasteiger partial charge in [-0.2, -0.15) is 0 Å². The van der Waals surface area contributed by atoms with Crippen molar-refractivity contribution in [2.45, 2.75) is 44.8 Å². The Morgan fingerprint density at radius 2 is 2.45 bits per heavy atom. The molecule has 0 spiro atoms. The highest BCUT2D eigenvalue weighted by molar-refractivity contribution is 5.77. The van der Waals surface area contributed by atoms with Gasteiger partial charge in [0.2, 0.25) is 0 Å². The van der Waals surface area contributed by atoms with Gasteiger partial charge in [0.1, 0.15) is 12.1 Å². The number of ether oxygens (including phenoxy) is 1. The topological polar surface area (TPSA) is 52.3 Å². The summed E-state index contributed by atoms with van der Waals surface area (Å²) in [5, 5.41) is 0. The van der Waals surface area contributed by atoms with Gasteiger partial charge in [0.15, 0.2) is 0 Å². The molecule has 3 nitrogen and oxygen atoms in total. The van der Waals surface area contributed by atoms with Crippen LogP contribution >= 0.6 is 0 Å². The van der Waals surface area contributed by atoms with E-state index in [0.717, 1.165) is 19.3 Å².